The molecule has 1 fully saturated rings. The van der Waals surface area contributed by atoms with Crippen LogP contribution in [0.1, 0.15) is 37.7 Å². The normalized spacial score (nSPS) is 17.9. The summed E-state index contributed by atoms with van der Waals surface area (Å²) >= 11 is 0. The number of hydrazine groups is 1. The van der Waals surface area contributed by atoms with Gasteiger partial charge in [0.25, 0.3) is 0 Å². The fourth-order valence-electron chi connectivity index (χ4n) is 3.55. The van der Waals surface area contributed by atoms with Crippen molar-refractivity contribution in [3.63, 3.8) is 0 Å². The molecule has 1 saturated carbocycles. The second-order valence-corrected chi connectivity index (χ2v) is 5.64. The molecule has 0 saturated heterocycles. The summed E-state index contributed by atoms with van der Waals surface area (Å²) < 4.78 is 0. The molecule has 0 spiro atoms. The van der Waals surface area contributed by atoms with Crippen molar-refractivity contribution in [3.8, 4) is 0 Å². The minimum atomic E-state index is -0.464. The molecule has 1 aliphatic rings. The van der Waals surface area contributed by atoms with Gasteiger partial charge in [-0.2, -0.15) is 0 Å². The molecule has 1 aliphatic carbocycles. The number of amides is 1. The molecule has 0 aromatic heterocycles. The minimum Gasteiger partial charge on any atom is -0.293 e. The quantitative estimate of drug-likeness (QED) is 0.500. The molecule has 20 heavy (non-hydrogen) atoms. The molecule has 0 unspecified atom stereocenters. The van der Waals surface area contributed by atoms with Crippen LogP contribution in [0.5, 0.6) is 0 Å². The van der Waals surface area contributed by atoms with Crippen molar-refractivity contribution in [2.24, 2.45) is 5.84 Å². The predicted molar refractivity (Wildman–Crippen MR) is 81.0 cm³/mol. The van der Waals surface area contributed by atoms with Gasteiger partial charge in [0.15, 0.2) is 0 Å². The van der Waals surface area contributed by atoms with Gasteiger partial charge in [0.1, 0.15) is 0 Å². The summed E-state index contributed by atoms with van der Waals surface area (Å²) in [6.07, 6.45) is 5.12. The van der Waals surface area contributed by atoms with Crippen molar-refractivity contribution in [2.45, 2.75) is 37.5 Å². The van der Waals surface area contributed by atoms with Crippen LogP contribution in [-0.4, -0.2) is 5.91 Å². The molecule has 0 radical (unpaired) electrons. The molecule has 0 bridgehead atoms. The van der Waals surface area contributed by atoms with Gasteiger partial charge in [-0.25, -0.2) is 5.84 Å². The van der Waals surface area contributed by atoms with E-state index < -0.39 is 5.41 Å². The fraction of sp³-hybridized carbons (Fsp3) is 0.353. The minimum absolute atomic E-state index is 0.0476. The van der Waals surface area contributed by atoms with Gasteiger partial charge < -0.3 is 0 Å². The highest BCUT2D eigenvalue weighted by Gasteiger charge is 2.41. The first kappa shape index (κ1) is 13.1. The van der Waals surface area contributed by atoms with E-state index in [1.54, 1.807) is 0 Å². The molecule has 104 valence electrons. The molecule has 1 amide bonds. The van der Waals surface area contributed by atoms with Crippen molar-refractivity contribution < 1.29 is 4.79 Å². The van der Waals surface area contributed by atoms with Crippen molar-refractivity contribution in [3.05, 3.63) is 48.0 Å². The smallest absolute Gasteiger partial charge is 0.244 e. The van der Waals surface area contributed by atoms with E-state index in [2.05, 4.69) is 29.7 Å². The van der Waals surface area contributed by atoms with E-state index in [1.807, 2.05) is 18.2 Å². The van der Waals surface area contributed by atoms with E-state index in [-0.39, 0.29) is 5.91 Å². The van der Waals surface area contributed by atoms with Crippen molar-refractivity contribution in [1.29, 1.82) is 0 Å². The predicted octanol–water partition coefficient (Wildman–Crippen LogP) is 3.03. The summed E-state index contributed by atoms with van der Waals surface area (Å²) in [6, 6.07) is 14.5. The monoisotopic (exact) mass is 268 g/mol. The molecule has 0 heterocycles. The molecular formula is C17H20N2O. The summed E-state index contributed by atoms with van der Waals surface area (Å²) in [5.41, 5.74) is 3.06. The molecule has 3 rings (SSSR count). The number of carbonyl (C=O) groups excluding carboxylic acids is 1. The van der Waals surface area contributed by atoms with E-state index >= 15 is 0 Å². The van der Waals surface area contributed by atoms with E-state index in [0.29, 0.717) is 0 Å². The Kier molecular flexibility index (Phi) is 3.45. The zero-order valence-corrected chi connectivity index (χ0v) is 11.6. The van der Waals surface area contributed by atoms with Gasteiger partial charge in [-0.3, -0.25) is 10.2 Å². The first-order chi connectivity index (χ1) is 9.78. The Morgan fingerprint density at radius 2 is 1.70 bits per heavy atom. The summed E-state index contributed by atoms with van der Waals surface area (Å²) in [5, 5.41) is 2.35. The molecule has 3 heteroatoms. The summed E-state index contributed by atoms with van der Waals surface area (Å²) in [7, 11) is 0. The van der Waals surface area contributed by atoms with Gasteiger partial charge in [0, 0.05) is 0 Å². The van der Waals surface area contributed by atoms with Crippen LogP contribution in [0.4, 0.5) is 0 Å². The number of rotatable bonds is 2. The second kappa shape index (κ2) is 5.25. The van der Waals surface area contributed by atoms with Gasteiger partial charge in [-0.05, 0) is 29.2 Å². The van der Waals surface area contributed by atoms with Crippen LogP contribution < -0.4 is 11.3 Å². The van der Waals surface area contributed by atoms with E-state index in [9.17, 15) is 4.79 Å². The lowest BCUT2D eigenvalue weighted by molar-refractivity contribution is -0.128. The third-order valence-electron chi connectivity index (χ3n) is 4.58. The Morgan fingerprint density at radius 3 is 2.45 bits per heavy atom. The highest BCUT2D eigenvalue weighted by atomic mass is 16.2. The van der Waals surface area contributed by atoms with E-state index in [0.717, 1.165) is 31.2 Å². The first-order valence-electron chi connectivity index (χ1n) is 7.27. The number of hydrogen-bond donors (Lipinski definition) is 2. The molecule has 0 aliphatic heterocycles. The molecule has 2 aromatic carbocycles. The molecule has 3 nitrogen and oxygen atoms in total. The highest BCUT2D eigenvalue weighted by molar-refractivity contribution is 5.95. The number of fused-ring (bicyclic) bond motifs is 1. The van der Waals surface area contributed by atoms with Crippen molar-refractivity contribution >= 4 is 16.7 Å². The third kappa shape index (κ3) is 1.98. The maximum absolute atomic E-state index is 12.5. The Bertz CT molecular complexity index is 624. The standard InChI is InChI=1S/C17H20N2O/c18-19-16(20)17(11-4-1-5-12-17)15-10-6-8-13-7-2-3-9-14(13)15/h2-3,6-10H,1,4-5,11-12,18H2,(H,19,20). The van der Waals surface area contributed by atoms with E-state index in [4.69, 9.17) is 5.84 Å². The number of nitrogens with one attached hydrogen (secondary N) is 1. The van der Waals surface area contributed by atoms with Crippen LogP contribution in [0, 0.1) is 0 Å². The lowest BCUT2D eigenvalue weighted by atomic mass is 9.67. The Labute approximate surface area is 119 Å². The van der Waals surface area contributed by atoms with Gasteiger partial charge in [-0.15, -0.1) is 0 Å². The lowest BCUT2D eigenvalue weighted by Crippen LogP contribution is -2.48. The van der Waals surface area contributed by atoms with Crippen molar-refractivity contribution in [2.75, 3.05) is 0 Å². The van der Waals surface area contributed by atoms with Gasteiger partial charge in [0.05, 0.1) is 5.41 Å². The molecule has 0 atom stereocenters. The maximum Gasteiger partial charge on any atom is 0.244 e. The lowest BCUT2D eigenvalue weighted by Gasteiger charge is -2.36. The number of carbonyl (C=O) groups is 1. The number of benzene rings is 2. The van der Waals surface area contributed by atoms with Crippen LogP contribution in [0.2, 0.25) is 0 Å². The topological polar surface area (TPSA) is 55.1 Å². The zero-order chi connectivity index (χ0) is 14.0. The third-order valence-corrected chi connectivity index (χ3v) is 4.58. The average Bonchev–Trinajstić information content (AvgIpc) is 2.54. The number of hydrogen-bond acceptors (Lipinski definition) is 2. The first-order valence-corrected chi connectivity index (χ1v) is 7.27. The Hall–Kier alpha value is -1.87. The second-order valence-electron chi connectivity index (χ2n) is 5.64. The van der Waals surface area contributed by atoms with Gasteiger partial charge >= 0.3 is 0 Å². The van der Waals surface area contributed by atoms with Crippen LogP contribution in [0.3, 0.4) is 0 Å². The van der Waals surface area contributed by atoms with Crippen molar-refractivity contribution in [1.82, 2.24) is 5.43 Å². The molecule has 2 aromatic rings. The Balaban J connectivity index is 2.21. The van der Waals surface area contributed by atoms with Gasteiger partial charge in [-0.1, -0.05) is 61.7 Å². The summed E-state index contributed by atoms with van der Waals surface area (Å²) in [5.74, 6) is 5.42. The highest BCUT2D eigenvalue weighted by Crippen LogP contribution is 2.42. The van der Waals surface area contributed by atoms with Crippen LogP contribution in [-0.2, 0) is 10.2 Å². The largest absolute Gasteiger partial charge is 0.293 e. The van der Waals surface area contributed by atoms with Crippen LogP contribution in [0.25, 0.3) is 10.8 Å². The van der Waals surface area contributed by atoms with Crippen LogP contribution in [0.15, 0.2) is 42.5 Å². The SMILES string of the molecule is NNC(=O)C1(c2cccc3ccccc23)CCCCC1. The fourth-order valence-corrected chi connectivity index (χ4v) is 3.55. The molecular weight excluding hydrogens is 248 g/mol. The maximum atomic E-state index is 12.5. The molecule has 3 N–H and O–H groups in total. The zero-order valence-electron chi connectivity index (χ0n) is 11.6. The average molecular weight is 268 g/mol. The van der Waals surface area contributed by atoms with Crippen LogP contribution >= 0.6 is 0 Å². The summed E-state index contributed by atoms with van der Waals surface area (Å²) in [6.45, 7) is 0. The van der Waals surface area contributed by atoms with E-state index in [1.165, 1.54) is 17.2 Å². The Morgan fingerprint density at radius 1 is 1.00 bits per heavy atom. The summed E-state index contributed by atoms with van der Waals surface area (Å²) in [4.78, 5) is 12.5. The number of nitrogens with two attached hydrogens (primary N) is 1. The van der Waals surface area contributed by atoms with Gasteiger partial charge in [0.2, 0.25) is 5.91 Å².